The first kappa shape index (κ1) is 15.8. The summed E-state index contributed by atoms with van der Waals surface area (Å²) >= 11 is 0. The molecule has 0 spiro atoms. The maximum absolute atomic E-state index is 12.8. The molecule has 1 N–H and O–H groups in total. The minimum Gasteiger partial charge on any atom is -0.494 e. The van der Waals surface area contributed by atoms with Crippen molar-refractivity contribution >= 4 is 10.0 Å². The van der Waals surface area contributed by atoms with Gasteiger partial charge in [0.1, 0.15) is 5.75 Å². The second-order valence-electron chi connectivity index (χ2n) is 6.11. The molecular weight excluding hydrogens is 300 g/mol. The molecular formula is C16H24N2O3S. The lowest BCUT2D eigenvalue weighted by molar-refractivity contribution is 0.317. The highest BCUT2D eigenvalue weighted by molar-refractivity contribution is 7.89. The maximum Gasteiger partial charge on any atom is 0.243 e. The van der Waals surface area contributed by atoms with Gasteiger partial charge in [-0.25, -0.2) is 8.42 Å². The Labute approximate surface area is 132 Å². The third kappa shape index (κ3) is 3.29. The predicted octanol–water partition coefficient (Wildman–Crippen LogP) is 1.99. The zero-order chi connectivity index (χ0) is 15.6. The predicted molar refractivity (Wildman–Crippen MR) is 85.5 cm³/mol. The van der Waals surface area contributed by atoms with E-state index in [1.54, 1.807) is 28.6 Å². The van der Waals surface area contributed by atoms with E-state index in [4.69, 9.17) is 4.74 Å². The van der Waals surface area contributed by atoms with Crippen molar-refractivity contribution < 1.29 is 13.2 Å². The minimum absolute atomic E-state index is 0.300. The Morgan fingerprint density at radius 2 is 1.91 bits per heavy atom. The molecule has 0 aliphatic carbocycles. The van der Waals surface area contributed by atoms with E-state index in [0.717, 1.165) is 25.0 Å². The third-order valence-corrected chi connectivity index (χ3v) is 6.30. The van der Waals surface area contributed by atoms with E-state index in [9.17, 15) is 8.42 Å². The Balaban J connectivity index is 1.74. The van der Waals surface area contributed by atoms with E-state index in [0.29, 0.717) is 36.7 Å². The summed E-state index contributed by atoms with van der Waals surface area (Å²) in [6, 6.07) is 7.56. The molecule has 2 saturated heterocycles. The van der Waals surface area contributed by atoms with Crippen molar-refractivity contribution in [2.24, 2.45) is 0 Å². The molecule has 2 bridgehead atoms. The molecule has 1 aromatic rings. The van der Waals surface area contributed by atoms with Crippen LogP contribution in [0.2, 0.25) is 0 Å². The summed E-state index contributed by atoms with van der Waals surface area (Å²) < 4.78 is 32.7. The smallest absolute Gasteiger partial charge is 0.243 e. The molecule has 2 fully saturated rings. The van der Waals surface area contributed by atoms with Crippen molar-refractivity contribution in [1.29, 1.82) is 0 Å². The molecule has 22 heavy (non-hydrogen) atoms. The summed E-state index contributed by atoms with van der Waals surface area (Å²) in [7, 11) is -3.41. The highest BCUT2D eigenvalue weighted by Crippen LogP contribution is 2.26. The Hall–Kier alpha value is -1.11. The number of fused-ring (bicyclic) bond motifs is 2. The van der Waals surface area contributed by atoms with Crippen LogP contribution in [0.15, 0.2) is 29.2 Å². The average Bonchev–Trinajstić information content (AvgIpc) is 2.84. The summed E-state index contributed by atoms with van der Waals surface area (Å²) in [5.41, 5.74) is 0. The van der Waals surface area contributed by atoms with Gasteiger partial charge in [-0.2, -0.15) is 4.31 Å². The van der Waals surface area contributed by atoms with E-state index >= 15 is 0 Å². The molecule has 0 radical (unpaired) electrons. The fraction of sp³-hybridized carbons (Fsp3) is 0.625. The van der Waals surface area contributed by atoms with Gasteiger partial charge in [0.25, 0.3) is 0 Å². The second kappa shape index (κ2) is 6.56. The molecule has 2 aliphatic rings. The van der Waals surface area contributed by atoms with Gasteiger partial charge >= 0.3 is 0 Å². The van der Waals surface area contributed by atoms with Gasteiger partial charge in [-0.05, 0) is 49.9 Å². The van der Waals surface area contributed by atoms with Gasteiger partial charge in [0.2, 0.25) is 10.0 Å². The van der Waals surface area contributed by atoms with Crippen LogP contribution in [0, 0.1) is 0 Å². The molecule has 0 amide bonds. The van der Waals surface area contributed by atoms with Gasteiger partial charge in [-0.3, -0.25) is 0 Å². The molecule has 0 saturated carbocycles. The first-order valence-electron chi connectivity index (χ1n) is 8.08. The number of rotatable bonds is 5. The van der Waals surface area contributed by atoms with Crippen LogP contribution in [0.4, 0.5) is 0 Å². The van der Waals surface area contributed by atoms with Crippen molar-refractivity contribution in [3.63, 3.8) is 0 Å². The topological polar surface area (TPSA) is 58.6 Å². The van der Waals surface area contributed by atoms with Crippen molar-refractivity contribution in [1.82, 2.24) is 9.62 Å². The lowest BCUT2D eigenvalue weighted by atomic mass is 10.1. The number of hydrogen-bond acceptors (Lipinski definition) is 4. The molecule has 2 aliphatic heterocycles. The minimum atomic E-state index is -3.41. The number of nitrogens with zero attached hydrogens (tertiary/aromatic N) is 1. The summed E-state index contributed by atoms with van der Waals surface area (Å²) in [4.78, 5) is 0.356. The Morgan fingerprint density at radius 3 is 2.64 bits per heavy atom. The van der Waals surface area contributed by atoms with Gasteiger partial charge in [-0.15, -0.1) is 0 Å². The van der Waals surface area contributed by atoms with E-state index < -0.39 is 10.0 Å². The number of ether oxygens (including phenoxy) is 1. The van der Waals surface area contributed by atoms with Crippen LogP contribution in [0.25, 0.3) is 0 Å². The first-order valence-corrected chi connectivity index (χ1v) is 9.52. The zero-order valence-electron chi connectivity index (χ0n) is 13.0. The van der Waals surface area contributed by atoms with Crippen LogP contribution in [-0.4, -0.2) is 44.5 Å². The van der Waals surface area contributed by atoms with Gasteiger partial charge < -0.3 is 10.1 Å². The molecule has 3 rings (SSSR count). The fourth-order valence-corrected chi connectivity index (χ4v) is 4.71. The second-order valence-corrected chi connectivity index (χ2v) is 8.05. The Kier molecular flexibility index (Phi) is 4.70. The number of sulfonamides is 1. The lowest BCUT2D eigenvalue weighted by Crippen LogP contribution is -2.39. The van der Waals surface area contributed by atoms with Gasteiger partial charge in [0.05, 0.1) is 11.5 Å². The number of nitrogens with one attached hydrogen (secondary N) is 1. The SMILES string of the molecule is CCCOc1ccc(S(=O)(=O)N2CCC3CCC(C2)N3)cc1. The van der Waals surface area contributed by atoms with Crippen molar-refractivity contribution in [2.75, 3.05) is 19.7 Å². The van der Waals surface area contributed by atoms with E-state index in [-0.39, 0.29) is 0 Å². The average molecular weight is 324 g/mol. The highest BCUT2D eigenvalue weighted by atomic mass is 32.2. The summed E-state index contributed by atoms with van der Waals surface area (Å²) in [6.07, 6.45) is 4.07. The molecule has 6 heteroatoms. The molecule has 2 atom stereocenters. The third-order valence-electron chi connectivity index (χ3n) is 4.42. The van der Waals surface area contributed by atoms with Gasteiger partial charge in [0.15, 0.2) is 0 Å². The van der Waals surface area contributed by atoms with Crippen LogP contribution in [-0.2, 0) is 10.0 Å². The van der Waals surface area contributed by atoms with Crippen LogP contribution >= 0.6 is 0 Å². The quantitative estimate of drug-likeness (QED) is 0.900. The van der Waals surface area contributed by atoms with Gasteiger partial charge in [-0.1, -0.05) is 6.92 Å². The van der Waals surface area contributed by atoms with Crippen molar-refractivity contribution in [2.45, 2.75) is 49.6 Å². The largest absolute Gasteiger partial charge is 0.494 e. The fourth-order valence-electron chi connectivity index (χ4n) is 3.21. The molecule has 2 heterocycles. The molecule has 0 aromatic heterocycles. The number of benzene rings is 1. The normalized spacial score (nSPS) is 25.9. The van der Waals surface area contributed by atoms with E-state index in [2.05, 4.69) is 5.32 Å². The highest BCUT2D eigenvalue weighted by Gasteiger charge is 2.34. The van der Waals surface area contributed by atoms with Crippen LogP contribution in [0.3, 0.4) is 0 Å². The molecule has 1 aromatic carbocycles. The van der Waals surface area contributed by atoms with Crippen LogP contribution < -0.4 is 10.1 Å². The number of hydrogen-bond donors (Lipinski definition) is 1. The first-order chi connectivity index (χ1) is 10.6. The van der Waals surface area contributed by atoms with E-state index in [1.165, 1.54) is 6.42 Å². The van der Waals surface area contributed by atoms with Crippen LogP contribution in [0.1, 0.15) is 32.6 Å². The Morgan fingerprint density at radius 1 is 1.18 bits per heavy atom. The van der Waals surface area contributed by atoms with Crippen LogP contribution in [0.5, 0.6) is 5.75 Å². The molecule has 122 valence electrons. The lowest BCUT2D eigenvalue weighted by Gasteiger charge is -2.23. The maximum atomic E-state index is 12.8. The molecule has 5 nitrogen and oxygen atoms in total. The summed E-state index contributed by atoms with van der Waals surface area (Å²) in [6.45, 7) is 3.87. The Bertz CT molecular complexity index is 600. The molecule has 2 unspecified atom stereocenters. The summed E-state index contributed by atoms with van der Waals surface area (Å²) in [5.74, 6) is 0.720. The van der Waals surface area contributed by atoms with Crippen molar-refractivity contribution in [3.05, 3.63) is 24.3 Å². The van der Waals surface area contributed by atoms with Crippen molar-refractivity contribution in [3.8, 4) is 5.75 Å². The summed E-state index contributed by atoms with van der Waals surface area (Å²) in [5, 5.41) is 3.51. The van der Waals surface area contributed by atoms with E-state index in [1.807, 2.05) is 6.92 Å². The zero-order valence-corrected chi connectivity index (χ0v) is 13.8. The standard InChI is InChI=1S/C16H24N2O3S/c1-2-11-21-15-5-7-16(8-6-15)22(19,20)18-10-9-13-3-4-14(12-18)17-13/h5-8,13-14,17H,2-4,9-12H2,1H3. The monoisotopic (exact) mass is 324 g/mol. The van der Waals surface area contributed by atoms with Gasteiger partial charge in [0, 0.05) is 25.2 Å².